The largest absolute Gasteiger partial charge is 0.490 e. The lowest BCUT2D eigenvalue weighted by Gasteiger charge is -2.08. The molecule has 0 amide bonds. The highest BCUT2D eigenvalue weighted by Crippen LogP contribution is 2.21. The van der Waals surface area contributed by atoms with Crippen LogP contribution in [0.4, 0.5) is 4.39 Å². The molecule has 3 nitrogen and oxygen atoms in total. The van der Waals surface area contributed by atoms with E-state index in [0.717, 1.165) is 34.6 Å². The van der Waals surface area contributed by atoms with Gasteiger partial charge < -0.3 is 9.57 Å². The predicted octanol–water partition coefficient (Wildman–Crippen LogP) is 5.70. The predicted molar refractivity (Wildman–Crippen MR) is 107 cm³/mol. The molecular weight excluding hydrogens is 341 g/mol. The second kappa shape index (κ2) is 9.53. The molecule has 0 bridgehead atoms. The van der Waals surface area contributed by atoms with Crippen molar-refractivity contribution in [1.29, 1.82) is 0 Å². The third-order valence-corrected chi connectivity index (χ3v) is 4.07. The van der Waals surface area contributed by atoms with Crippen molar-refractivity contribution in [3.63, 3.8) is 0 Å². The molecule has 0 saturated heterocycles. The van der Waals surface area contributed by atoms with Gasteiger partial charge in [-0.25, -0.2) is 4.39 Å². The van der Waals surface area contributed by atoms with Crippen LogP contribution in [0.3, 0.4) is 0 Å². The van der Waals surface area contributed by atoms with Gasteiger partial charge in [0.05, 0.1) is 5.71 Å². The summed E-state index contributed by atoms with van der Waals surface area (Å²) in [6.45, 7) is 2.84. The fraction of sp³-hybridized carbons (Fsp3) is 0.174. The van der Waals surface area contributed by atoms with E-state index in [1.165, 1.54) is 12.1 Å². The molecule has 3 rings (SSSR count). The molecule has 3 aromatic rings. The Balaban J connectivity index is 1.57. The van der Waals surface area contributed by atoms with Crippen molar-refractivity contribution >= 4 is 5.71 Å². The zero-order chi connectivity index (χ0) is 18.9. The Bertz CT molecular complexity index is 876. The molecule has 0 spiro atoms. The molecule has 0 unspecified atom stereocenters. The first-order valence-corrected chi connectivity index (χ1v) is 8.99. The maximum atomic E-state index is 13.4. The van der Waals surface area contributed by atoms with E-state index in [0.29, 0.717) is 13.2 Å². The lowest BCUT2D eigenvalue weighted by atomic mass is 10.0. The van der Waals surface area contributed by atoms with E-state index in [9.17, 15) is 4.39 Å². The van der Waals surface area contributed by atoms with Crippen LogP contribution in [0.15, 0.2) is 84.0 Å². The van der Waals surface area contributed by atoms with Crippen LogP contribution >= 0.6 is 0 Å². The van der Waals surface area contributed by atoms with Crippen molar-refractivity contribution in [1.82, 2.24) is 0 Å². The van der Waals surface area contributed by atoms with Crippen LogP contribution in [0.5, 0.6) is 5.75 Å². The summed E-state index contributed by atoms with van der Waals surface area (Å²) in [5.74, 6) is 0.576. The van der Waals surface area contributed by atoms with E-state index in [-0.39, 0.29) is 5.82 Å². The maximum Gasteiger partial charge on any atom is 0.151 e. The number of hydrogen-bond donors (Lipinski definition) is 0. The highest BCUT2D eigenvalue weighted by Gasteiger charge is 2.04. The van der Waals surface area contributed by atoms with Crippen LogP contribution in [0, 0.1) is 5.82 Å². The summed E-state index contributed by atoms with van der Waals surface area (Å²) in [6, 6.07) is 24.1. The molecule has 138 valence electrons. The number of halogens is 1. The summed E-state index contributed by atoms with van der Waals surface area (Å²) in [7, 11) is 0. The number of ether oxygens (including phenoxy) is 1. The van der Waals surface area contributed by atoms with E-state index in [4.69, 9.17) is 9.57 Å². The number of oxime groups is 1. The van der Waals surface area contributed by atoms with Gasteiger partial charge in [-0.15, -0.1) is 0 Å². The van der Waals surface area contributed by atoms with E-state index in [2.05, 4.69) is 5.16 Å². The Kier molecular flexibility index (Phi) is 6.58. The van der Waals surface area contributed by atoms with Crippen molar-refractivity contribution in [3.8, 4) is 16.9 Å². The topological polar surface area (TPSA) is 30.8 Å². The fourth-order valence-corrected chi connectivity index (χ4v) is 2.68. The Labute approximate surface area is 159 Å². The minimum Gasteiger partial charge on any atom is -0.490 e. The van der Waals surface area contributed by atoms with Crippen LogP contribution < -0.4 is 4.74 Å². The normalized spacial score (nSPS) is 11.3. The number of benzene rings is 3. The highest BCUT2D eigenvalue weighted by atomic mass is 19.1. The molecule has 0 aromatic heterocycles. The van der Waals surface area contributed by atoms with Gasteiger partial charge in [0.15, 0.2) is 6.61 Å². The number of hydrogen-bond acceptors (Lipinski definition) is 3. The number of para-hydroxylation sites is 1. The molecule has 0 aliphatic rings. The zero-order valence-corrected chi connectivity index (χ0v) is 15.3. The van der Waals surface area contributed by atoms with Crippen LogP contribution in [-0.4, -0.2) is 18.9 Å². The van der Waals surface area contributed by atoms with Crippen molar-refractivity contribution in [2.75, 3.05) is 13.2 Å². The molecule has 27 heavy (non-hydrogen) atoms. The maximum absolute atomic E-state index is 13.4. The molecule has 0 aliphatic heterocycles. The molecule has 0 atom stereocenters. The van der Waals surface area contributed by atoms with Crippen molar-refractivity contribution in [3.05, 3.63) is 90.2 Å². The first kappa shape index (κ1) is 18.6. The smallest absolute Gasteiger partial charge is 0.151 e. The zero-order valence-electron chi connectivity index (χ0n) is 15.3. The van der Waals surface area contributed by atoms with Crippen molar-refractivity contribution < 1.29 is 14.0 Å². The van der Waals surface area contributed by atoms with Gasteiger partial charge in [0.2, 0.25) is 0 Å². The van der Waals surface area contributed by atoms with Crippen molar-refractivity contribution in [2.24, 2.45) is 5.16 Å². The first-order chi connectivity index (χ1) is 13.3. The Hall–Kier alpha value is -3.14. The lowest BCUT2D eigenvalue weighted by Crippen LogP contribution is -2.06. The summed E-state index contributed by atoms with van der Waals surface area (Å²) < 4.78 is 19.0. The minimum atomic E-state index is -0.237. The van der Waals surface area contributed by atoms with Gasteiger partial charge in [-0.2, -0.15) is 0 Å². The van der Waals surface area contributed by atoms with Crippen LogP contribution in [0.25, 0.3) is 11.1 Å². The van der Waals surface area contributed by atoms with Gasteiger partial charge >= 0.3 is 0 Å². The third kappa shape index (κ3) is 5.42. The Morgan fingerprint density at radius 1 is 0.852 bits per heavy atom. The Morgan fingerprint density at radius 2 is 1.63 bits per heavy atom. The number of nitrogens with zero attached hydrogens (tertiary/aromatic N) is 1. The molecule has 0 N–H and O–H groups in total. The third-order valence-electron chi connectivity index (χ3n) is 4.07. The molecule has 3 aromatic carbocycles. The molecule has 0 aliphatic carbocycles. The highest BCUT2D eigenvalue weighted by molar-refractivity contribution is 6.00. The fourth-order valence-electron chi connectivity index (χ4n) is 2.68. The summed E-state index contributed by atoms with van der Waals surface area (Å²) >= 11 is 0. The monoisotopic (exact) mass is 363 g/mol. The van der Waals surface area contributed by atoms with Gasteiger partial charge in [0, 0.05) is 0 Å². The Morgan fingerprint density at radius 3 is 2.33 bits per heavy atom. The molecule has 0 fully saturated rings. The second-order valence-corrected chi connectivity index (χ2v) is 5.97. The molecule has 0 radical (unpaired) electrons. The van der Waals surface area contributed by atoms with E-state index < -0.39 is 0 Å². The standard InChI is InChI=1S/C23H22FNO2/c1-2-23(25-27-16-15-26-22-9-4-3-5-10-22)19-13-11-18(12-14-19)20-7-6-8-21(24)17-20/h3-14,17H,2,15-16H2,1H3/b25-23+. The van der Waals surface area contributed by atoms with Crippen LogP contribution in [-0.2, 0) is 4.84 Å². The van der Waals surface area contributed by atoms with Crippen LogP contribution in [0.1, 0.15) is 18.9 Å². The molecule has 4 heteroatoms. The van der Waals surface area contributed by atoms with Gasteiger partial charge in [-0.3, -0.25) is 0 Å². The van der Waals surface area contributed by atoms with Crippen molar-refractivity contribution in [2.45, 2.75) is 13.3 Å². The lowest BCUT2D eigenvalue weighted by molar-refractivity contribution is 0.107. The first-order valence-electron chi connectivity index (χ1n) is 8.99. The quantitative estimate of drug-likeness (QED) is 0.292. The molecule has 0 saturated carbocycles. The molecule has 0 heterocycles. The van der Waals surface area contributed by atoms with Gasteiger partial charge in [0.25, 0.3) is 0 Å². The second-order valence-electron chi connectivity index (χ2n) is 5.97. The SMILES string of the molecule is CC/C(=N\OCCOc1ccccc1)c1ccc(-c2cccc(F)c2)cc1. The average Bonchev–Trinajstić information content (AvgIpc) is 2.72. The minimum absolute atomic E-state index is 0.237. The summed E-state index contributed by atoms with van der Waals surface area (Å²) in [5, 5.41) is 4.24. The van der Waals surface area contributed by atoms with Crippen LogP contribution in [0.2, 0.25) is 0 Å². The van der Waals surface area contributed by atoms with Gasteiger partial charge in [-0.05, 0) is 47.4 Å². The van der Waals surface area contributed by atoms with Gasteiger partial charge in [0.1, 0.15) is 18.2 Å². The average molecular weight is 363 g/mol. The summed E-state index contributed by atoms with van der Waals surface area (Å²) in [5.41, 5.74) is 3.67. The summed E-state index contributed by atoms with van der Waals surface area (Å²) in [4.78, 5) is 5.41. The van der Waals surface area contributed by atoms with E-state index >= 15 is 0 Å². The van der Waals surface area contributed by atoms with Gasteiger partial charge in [-0.1, -0.05) is 66.7 Å². The van der Waals surface area contributed by atoms with E-state index in [1.807, 2.05) is 67.6 Å². The summed E-state index contributed by atoms with van der Waals surface area (Å²) in [6.07, 6.45) is 0.749. The molecular formula is C23H22FNO2. The van der Waals surface area contributed by atoms with E-state index in [1.54, 1.807) is 6.07 Å². The number of rotatable bonds is 8.